The van der Waals surface area contributed by atoms with Gasteiger partial charge >= 0.3 is 0 Å². The van der Waals surface area contributed by atoms with Crippen LogP contribution in [0, 0.1) is 11.3 Å². The Bertz CT molecular complexity index is 1250. The molecule has 2 heterocycles. The molecular formula is C24H24N4O2S. The number of anilines is 1. The summed E-state index contributed by atoms with van der Waals surface area (Å²) >= 11 is 0. The van der Waals surface area contributed by atoms with Crippen LogP contribution in [0.2, 0.25) is 0 Å². The Morgan fingerprint density at radius 1 is 1.00 bits per heavy atom. The minimum Gasteiger partial charge on any atom is -0.382 e. The quantitative estimate of drug-likeness (QED) is 0.655. The highest BCUT2D eigenvalue weighted by molar-refractivity contribution is 7.90. The molecule has 5 rings (SSSR count). The number of aromatic nitrogens is 1. The van der Waals surface area contributed by atoms with Crippen LogP contribution < -0.4 is 5.32 Å². The molecule has 1 saturated heterocycles. The van der Waals surface area contributed by atoms with Gasteiger partial charge in [-0.1, -0.05) is 12.1 Å². The Labute approximate surface area is 182 Å². The van der Waals surface area contributed by atoms with Crippen molar-refractivity contribution in [3.8, 4) is 17.2 Å². The first kappa shape index (κ1) is 20.0. The van der Waals surface area contributed by atoms with Crippen LogP contribution in [0.25, 0.3) is 21.9 Å². The lowest BCUT2D eigenvalue weighted by Gasteiger charge is -2.32. The lowest BCUT2D eigenvalue weighted by Crippen LogP contribution is -2.43. The summed E-state index contributed by atoms with van der Waals surface area (Å²) in [4.78, 5) is 4.30. The van der Waals surface area contributed by atoms with E-state index in [-0.39, 0.29) is 11.3 Å². The number of pyridine rings is 1. The van der Waals surface area contributed by atoms with E-state index in [1.54, 1.807) is 10.5 Å². The Kier molecular flexibility index (Phi) is 5.12. The molecule has 1 aliphatic carbocycles. The third kappa shape index (κ3) is 4.01. The normalized spacial score (nSPS) is 18.0. The summed E-state index contributed by atoms with van der Waals surface area (Å²) in [6.45, 7) is 1.14. The van der Waals surface area contributed by atoms with Crippen molar-refractivity contribution in [2.45, 2.75) is 37.0 Å². The molecule has 2 aromatic carbocycles. The summed E-state index contributed by atoms with van der Waals surface area (Å²) in [5.74, 6) is 0. The van der Waals surface area contributed by atoms with Crippen molar-refractivity contribution in [3.05, 3.63) is 60.4 Å². The van der Waals surface area contributed by atoms with E-state index in [1.165, 1.54) is 0 Å². The number of hydrogen-bond acceptors (Lipinski definition) is 5. The van der Waals surface area contributed by atoms with Crippen molar-refractivity contribution in [2.75, 3.05) is 18.4 Å². The minimum atomic E-state index is -3.10. The van der Waals surface area contributed by atoms with Crippen molar-refractivity contribution >= 4 is 26.5 Å². The molecule has 1 aromatic heterocycles. The lowest BCUT2D eigenvalue weighted by atomic mass is 9.98. The Morgan fingerprint density at radius 3 is 2.42 bits per heavy atom. The van der Waals surface area contributed by atoms with Gasteiger partial charge < -0.3 is 5.32 Å². The SMILES string of the molecule is N#Cc1ccc(-c2cc(NC3CCN(S(=O)(=O)C4CC4)CC3)c3cnccc3c2)cc1. The van der Waals surface area contributed by atoms with E-state index in [0.29, 0.717) is 18.7 Å². The average molecular weight is 433 g/mol. The minimum absolute atomic E-state index is 0.142. The van der Waals surface area contributed by atoms with Crippen LogP contribution in [0.15, 0.2) is 54.9 Å². The van der Waals surface area contributed by atoms with Gasteiger partial charge in [0, 0.05) is 42.6 Å². The second-order valence-electron chi connectivity index (χ2n) is 8.37. The number of rotatable bonds is 5. The first-order valence-electron chi connectivity index (χ1n) is 10.7. The first-order chi connectivity index (χ1) is 15.0. The van der Waals surface area contributed by atoms with Crippen LogP contribution in [0.4, 0.5) is 5.69 Å². The second kappa shape index (κ2) is 7.95. The van der Waals surface area contributed by atoms with E-state index in [4.69, 9.17) is 5.26 Å². The maximum atomic E-state index is 12.5. The van der Waals surface area contributed by atoms with Gasteiger partial charge in [-0.05, 0) is 72.5 Å². The van der Waals surface area contributed by atoms with Gasteiger partial charge in [0.05, 0.1) is 16.9 Å². The van der Waals surface area contributed by atoms with Gasteiger partial charge in [-0.15, -0.1) is 0 Å². The predicted octanol–water partition coefficient (Wildman–Crippen LogP) is 4.14. The molecule has 7 heteroatoms. The maximum absolute atomic E-state index is 12.5. The summed E-state index contributed by atoms with van der Waals surface area (Å²) in [6.07, 6.45) is 6.84. The van der Waals surface area contributed by atoms with Crippen molar-refractivity contribution in [1.82, 2.24) is 9.29 Å². The van der Waals surface area contributed by atoms with E-state index >= 15 is 0 Å². The third-order valence-electron chi connectivity index (χ3n) is 6.22. The monoisotopic (exact) mass is 432 g/mol. The number of fused-ring (bicyclic) bond motifs is 1. The molecule has 31 heavy (non-hydrogen) atoms. The van der Waals surface area contributed by atoms with Gasteiger partial charge in [-0.25, -0.2) is 12.7 Å². The molecule has 0 radical (unpaired) electrons. The Hall–Kier alpha value is -2.95. The van der Waals surface area contributed by atoms with Gasteiger partial charge in [0.15, 0.2) is 0 Å². The lowest BCUT2D eigenvalue weighted by molar-refractivity contribution is 0.329. The van der Waals surface area contributed by atoms with Crippen LogP contribution in [-0.2, 0) is 10.0 Å². The van der Waals surface area contributed by atoms with Gasteiger partial charge in [-0.3, -0.25) is 4.98 Å². The number of nitrogens with one attached hydrogen (secondary N) is 1. The molecule has 158 valence electrons. The molecule has 0 amide bonds. The summed E-state index contributed by atoms with van der Waals surface area (Å²) in [7, 11) is -3.10. The molecule has 0 unspecified atom stereocenters. The summed E-state index contributed by atoms with van der Waals surface area (Å²) < 4.78 is 26.7. The van der Waals surface area contributed by atoms with E-state index in [9.17, 15) is 8.42 Å². The number of benzene rings is 2. The molecule has 1 N–H and O–H groups in total. The summed E-state index contributed by atoms with van der Waals surface area (Å²) in [5.41, 5.74) is 3.76. The van der Waals surface area contributed by atoms with Crippen LogP contribution in [0.1, 0.15) is 31.2 Å². The second-order valence-corrected chi connectivity index (χ2v) is 10.6. The van der Waals surface area contributed by atoms with Gasteiger partial charge in [0.1, 0.15) is 0 Å². The molecule has 1 aliphatic heterocycles. The zero-order valence-corrected chi connectivity index (χ0v) is 18.0. The highest BCUT2D eigenvalue weighted by Gasteiger charge is 2.41. The fourth-order valence-electron chi connectivity index (χ4n) is 4.27. The van der Waals surface area contributed by atoms with Gasteiger partial charge in [0.2, 0.25) is 10.0 Å². The standard InChI is InChI=1S/C24H24N4O2S/c25-15-17-1-3-18(4-2-17)20-13-19-7-10-26-16-23(19)24(14-20)27-21-8-11-28(12-9-21)31(29,30)22-5-6-22/h1-4,7,10,13-14,16,21-22,27H,5-6,8-9,11-12H2. The molecule has 3 aromatic rings. The molecule has 6 nitrogen and oxygen atoms in total. The molecule has 2 fully saturated rings. The number of nitriles is 1. The highest BCUT2D eigenvalue weighted by Crippen LogP contribution is 2.34. The van der Waals surface area contributed by atoms with E-state index < -0.39 is 10.0 Å². The van der Waals surface area contributed by atoms with Crippen molar-refractivity contribution in [3.63, 3.8) is 0 Å². The predicted molar refractivity (Wildman–Crippen MR) is 122 cm³/mol. The highest BCUT2D eigenvalue weighted by atomic mass is 32.2. The smallest absolute Gasteiger partial charge is 0.216 e. The summed E-state index contributed by atoms with van der Waals surface area (Å²) in [5, 5.41) is 14.7. The molecule has 1 saturated carbocycles. The van der Waals surface area contributed by atoms with Crippen molar-refractivity contribution in [1.29, 1.82) is 5.26 Å². The zero-order chi connectivity index (χ0) is 21.4. The van der Waals surface area contributed by atoms with Crippen LogP contribution >= 0.6 is 0 Å². The van der Waals surface area contributed by atoms with E-state index in [0.717, 1.165) is 53.3 Å². The van der Waals surface area contributed by atoms with E-state index in [1.807, 2.05) is 36.5 Å². The van der Waals surface area contributed by atoms with Gasteiger partial charge in [0.25, 0.3) is 0 Å². The fourth-order valence-corrected chi connectivity index (χ4v) is 6.15. The van der Waals surface area contributed by atoms with E-state index in [2.05, 4.69) is 28.5 Å². The van der Waals surface area contributed by atoms with Crippen LogP contribution in [-0.4, -0.2) is 42.1 Å². The topological polar surface area (TPSA) is 86.1 Å². The number of piperidine rings is 1. The molecule has 2 aliphatic rings. The first-order valence-corrected chi connectivity index (χ1v) is 12.2. The largest absolute Gasteiger partial charge is 0.382 e. The molecule has 0 atom stereocenters. The maximum Gasteiger partial charge on any atom is 0.216 e. The van der Waals surface area contributed by atoms with Crippen LogP contribution in [0.3, 0.4) is 0 Å². The average Bonchev–Trinajstić information content (AvgIpc) is 3.66. The molecule has 0 spiro atoms. The molecular weight excluding hydrogens is 408 g/mol. The van der Waals surface area contributed by atoms with Crippen molar-refractivity contribution in [2.24, 2.45) is 0 Å². The van der Waals surface area contributed by atoms with Crippen molar-refractivity contribution < 1.29 is 8.42 Å². The van der Waals surface area contributed by atoms with Crippen LogP contribution in [0.5, 0.6) is 0 Å². The Morgan fingerprint density at radius 2 is 1.74 bits per heavy atom. The number of hydrogen-bond donors (Lipinski definition) is 1. The molecule has 0 bridgehead atoms. The number of nitrogens with zero attached hydrogens (tertiary/aromatic N) is 3. The fraction of sp³-hybridized carbons (Fsp3) is 0.333. The zero-order valence-electron chi connectivity index (χ0n) is 17.2. The van der Waals surface area contributed by atoms with Gasteiger partial charge in [-0.2, -0.15) is 5.26 Å². The summed E-state index contributed by atoms with van der Waals surface area (Å²) in [6, 6.07) is 16.2. The Balaban J connectivity index is 1.39. The third-order valence-corrected chi connectivity index (χ3v) is 8.62. The number of sulfonamides is 1.